The lowest BCUT2D eigenvalue weighted by molar-refractivity contribution is -0.121. The zero-order chi connectivity index (χ0) is 16.7. The van der Waals surface area contributed by atoms with Gasteiger partial charge in [-0.15, -0.1) is 12.4 Å². The summed E-state index contributed by atoms with van der Waals surface area (Å²) in [6.45, 7) is 1.23. The Labute approximate surface area is 154 Å². The number of amides is 1. The van der Waals surface area contributed by atoms with Gasteiger partial charge in [0.2, 0.25) is 15.9 Å². The predicted octanol–water partition coefficient (Wildman–Crippen LogP) is 0.993. The van der Waals surface area contributed by atoms with Gasteiger partial charge in [0.05, 0.1) is 5.75 Å². The van der Waals surface area contributed by atoms with Crippen LogP contribution in [0.25, 0.3) is 0 Å². The highest BCUT2D eigenvalue weighted by atomic mass is 35.5. The van der Waals surface area contributed by atoms with Crippen molar-refractivity contribution in [2.45, 2.75) is 12.5 Å². The SMILES string of the molecule is Cl.NC(CC(=O)NCCS(=O)(=O)N1CCSCC1)c1ccccc1. The van der Waals surface area contributed by atoms with E-state index in [4.69, 9.17) is 5.73 Å². The molecular formula is C15H24ClN3O3S2. The van der Waals surface area contributed by atoms with Crippen molar-refractivity contribution < 1.29 is 13.2 Å². The first-order chi connectivity index (χ1) is 11.0. The standard InChI is InChI=1S/C15H23N3O3S2.ClH/c16-14(13-4-2-1-3-5-13)12-15(19)17-6-11-23(20,21)18-7-9-22-10-8-18;/h1-5,14H,6-12,16H2,(H,17,19);1H. The van der Waals surface area contributed by atoms with Crippen LogP contribution in [0.15, 0.2) is 30.3 Å². The van der Waals surface area contributed by atoms with Crippen LogP contribution < -0.4 is 11.1 Å². The van der Waals surface area contributed by atoms with Crippen molar-refractivity contribution in [2.24, 2.45) is 5.73 Å². The Hall–Kier alpha value is -0.800. The molecule has 0 aliphatic carbocycles. The van der Waals surface area contributed by atoms with Gasteiger partial charge in [0.25, 0.3) is 0 Å². The summed E-state index contributed by atoms with van der Waals surface area (Å²) in [6.07, 6.45) is 0.143. The minimum atomic E-state index is -3.29. The Balaban J connectivity index is 0.00000288. The highest BCUT2D eigenvalue weighted by Gasteiger charge is 2.23. The number of carbonyl (C=O) groups excluding carboxylic acids is 1. The molecule has 0 saturated carbocycles. The number of sulfonamides is 1. The van der Waals surface area contributed by atoms with Gasteiger partial charge in [0.1, 0.15) is 0 Å². The molecule has 6 nitrogen and oxygen atoms in total. The maximum absolute atomic E-state index is 12.2. The highest BCUT2D eigenvalue weighted by Crippen LogP contribution is 2.14. The Bertz CT molecular complexity index is 608. The van der Waals surface area contributed by atoms with E-state index in [1.54, 1.807) is 11.8 Å². The molecule has 1 saturated heterocycles. The summed E-state index contributed by atoms with van der Waals surface area (Å²) < 4.78 is 25.8. The lowest BCUT2D eigenvalue weighted by Crippen LogP contribution is -2.42. The zero-order valence-electron chi connectivity index (χ0n) is 13.4. The molecular weight excluding hydrogens is 370 g/mol. The number of hydrogen-bond donors (Lipinski definition) is 2. The van der Waals surface area contributed by atoms with Crippen LogP contribution in [-0.4, -0.2) is 55.5 Å². The second kappa shape index (κ2) is 10.2. The topological polar surface area (TPSA) is 92.5 Å². The molecule has 2 rings (SSSR count). The van der Waals surface area contributed by atoms with Gasteiger partial charge < -0.3 is 11.1 Å². The maximum atomic E-state index is 12.2. The van der Waals surface area contributed by atoms with E-state index in [-0.39, 0.29) is 43.1 Å². The molecule has 1 atom stereocenters. The van der Waals surface area contributed by atoms with Crippen LogP contribution in [0.4, 0.5) is 0 Å². The lowest BCUT2D eigenvalue weighted by Gasteiger charge is -2.25. The number of nitrogens with one attached hydrogen (secondary N) is 1. The molecule has 0 spiro atoms. The second-order valence-electron chi connectivity index (χ2n) is 5.40. The van der Waals surface area contributed by atoms with Crippen LogP contribution in [-0.2, 0) is 14.8 Å². The van der Waals surface area contributed by atoms with Gasteiger partial charge in [-0.2, -0.15) is 11.8 Å². The van der Waals surface area contributed by atoms with Crippen LogP contribution in [0.3, 0.4) is 0 Å². The van der Waals surface area contributed by atoms with Crippen molar-refractivity contribution in [1.82, 2.24) is 9.62 Å². The number of nitrogens with zero attached hydrogens (tertiary/aromatic N) is 1. The average molecular weight is 394 g/mol. The monoisotopic (exact) mass is 393 g/mol. The molecule has 1 aromatic rings. The minimum absolute atomic E-state index is 0. The van der Waals surface area contributed by atoms with Crippen molar-refractivity contribution in [3.8, 4) is 0 Å². The van der Waals surface area contributed by atoms with Crippen LogP contribution in [0.2, 0.25) is 0 Å². The molecule has 0 bridgehead atoms. The van der Waals surface area contributed by atoms with E-state index < -0.39 is 10.0 Å². The third-order valence-electron chi connectivity index (χ3n) is 3.68. The zero-order valence-corrected chi connectivity index (χ0v) is 15.8. The van der Waals surface area contributed by atoms with Crippen LogP contribution in [0, 0.1) is 0 Å². The van der Waals surface area contributed by atoms with Crippen molar-refractivity contribution in [2.75, 3.05) is 36.9 Å². The second-order valence-corrected chi connectivity index (χ2v) is 8.71. The van der Waals surface area contributed by atoms with E-state index in [1.165, 1.54) is 4.31 Å². The van der Waals surface area contributed by atoms with E-state index in [0.717, 1.165) is 17.1 Å². The molecule has 1 aliphatic rings. The molecule has 1 aromatic carbocycles. The summed E-state index contributed by atoms with van der Waals surface area (Å²) in [4.78, 5) is 11.9. The van der Waals surface area contributed by atoms with E-state index in [9.17, 15) is 13.2 Å². The van der Waals surface area contributed by atoms with Gasteiger partial charge in [0, 0.05) is 43.6 Å². The predicted molar refractivity (Wildman–Crippen MR) is 101 cm³/mol. The Kier molecular flexibility index (Phi) is 9.07. The first-order valence-corrected chi connectivity index (χ1v) is 10.4. The quantitative estimate of drug-likeness (QED) is 0.720. The number of hydrogen-bond acceptors (Lipinski definition) is 5. The summed E-state index contributed by atoms with van der Waals surface area (Å²) in [6, 6.07) is 8.99. The average Bonchev–Trinajstić information content (AvgIpc) is 2.56. The van der Waals surface area contributed by atoms with Crippen LogP contribution >= 0.6 is 24.2 Å². The minimum Gasteiger partial charge on any atom is -0.355 e. The highest BCUT2D eigenvalue weighted by molar-refractivity contribution is 7.99. The Morgan fingerprint density at radius 1 is 1.25 bits per heavy atom. The smallest absolute Gasteiger partial charge is 0.221 e. The van der Waals surface area contributed by atoms with Gasteiger partial charge >= 0.3 is 0 Å². The summed E-state index contributed by atoms with van der Waals surface area (Å²) in [7, 11) is -3.29. The van der Waals surface area contributed by atoms with Gasteiger partial charge in [-0.05, 0) is 5.56 Å². The molecule has 1 fully saturated rings. The van der Waals surface area contributed by atoms with E-state index >= 15 is 0 Å². The largest absolute Gasteiger partial charge is 0.355 e. The first kappa shape index (κ1) is 21.2. The molecule has 9 heteroatoms. The van der Waals surface area contributed by atoms with E-state index in [0.29, 0.717) is 13.1 Å². The van der Waals surface area contributed by atoms with Crippen LogP contribution in [0.1, 0.15) is 18.0 Å². The molecule has 0 radical (unpaired) electrons. The molecule has 3 N–H and O–H groups in total. The maximum Gasteiger partial charge on any atom is 0.221 e. The Morgan fingerprint density at radius 3 is 2.50 bits per heavy atom. The molecule has 1 aliphatic heterocycles. The third-order valence-corrected chi connectivity index (χ3v) is 6.49. The molecule has 136 valence electrons. The van der Waals surface area contributed by atoms with Gasteiger partial charge in [-0.1, -0.05) is 30.3 Å². The number of halogens is 1. The number of carbonyl (C=O) groups is 1. The fourth-order valence-electron chi connectivity index (χ4n) is 2.36. The summed E-state index contributed by atoms with van der Waals surface area (Å²) >= 11 is 1.76. The fourth-order valence-corrected chi connectivity index (χ4v) is 4.85. The molecule has 0 aromatic heterocycles. The van der Waals surface area contributed by atoms with Crippen molar-refractivity contribution in [1.29, 1.82) is 0 Å². The van der Waals surface area contributed by atoms with Crippen molar-refractivity contribution in [3.05, 3.63) is 35.9 Å². The van der Waals surface area contributed by atoms with Gasteiger partial charge in [-0.25, -0.2) is 12.7 Å². The number of nitrogens with two attached hydrogens (primary N) is 1. The summed E-state index contributed by atoms with van der Waals surface area (Å²) in [5.74, 6) is 1.37. The lowest BCUT2D eigenvalue weighted by atomic mass is 10.0. The summed E-state index contributed by atoms with van der Waals surface area (Å²) in [5, 5.41) is 2.65. The molecule has 1 amide bonds. The summed E-state index contributed by atoms with van der Waals surface area (Å²) in [5.41, 5.74) is 6.87. The van der Waals surface area contributed by atoms with Crippen molar-refractivity contribution >= 4 is 40.1 Å². The third kappa shape index (κ3) is 6.60. The van der Waals surface area contributed by atoms with Crippen molar-refractivity contribution in [3.63, 3.8) is 0 Å². The van der Waals surface area contributed by atoms with E-state index in [2.05, 4.69) is 5.32 Å². The van der Waals surface area contributed by atoms with Gasteiger partial charge in [0.15, 0.2) is 0 Å². The number of rotatable bonds is 7. The Morgan fingerprint density at radius 2 is 1.88 bits per heavy atom. The molecule has 1 heterocycles. The molecule has 24 heavy (non-hydrogen) atoms. The first-order valence-electron chi connectivity index (χ1n) is 7.62. The van der Waals surface area contributed by atoms with E-state index in [1.807, 2.05) is 30.3 Å². The molecule has 1 unspecified atom stereocenters. The number of thioether (sulfide) groups is 1. The number of benzene rings is 1. The van der Waals surface area contributed by atoms with Gasteiger partial charge in [-0.3, -0.25) is 4.79 Å². The normalized spacial score (nSPS) is 16.9. The van der Waals surface area contributed by atoms with Crippen LogP contribution in [0.5, 0.6) is 0 Å². The fraction of sp³-hybridized carbons (Fsp3) is 0.533.